The normalized spacial score (nSPS) is 13.5. The van der Waals surface area contributed by atoms with Crippen LogP contribution in [0.2, 0.25) is 0 Å². The molecule has 0 saturated heterocycles. The van der Waals surface area contributed by atoms with Crippen molar-refractivity contribution in [3.8, 4) is 0 Å². The highest BCUT2D eigenvalue weighted by molar-refractivity contribution is 7.89. The van der Waals surface area contributed by atoms with E-state index in [4.69, 9.17) is 15.9 Å². The van der Waals surface area contributed by atoms with Crippen LogP contribution < -0.4 is 10.5 Å². The highest BCUT2D eigenvalue weighted by Crippen LogP contribution is 2.18. The van der Waals surface area contributed by atoms with Crippen LogP contribution in [0.1, 0.15) is 12.5 Å². The zero-order chi connectivity index (χ0) is 13.8. The first-order valence-corrected chi connectivity index (χ1v) is 7.06. The molecule has 0 heterocycles. The average molecular weight is 274 g/mol. The molecule has 0 bridgehead atoms. The lowest BCUT2D eigenvalue weighted by Gasteiger charge is -2.11. The third kappa shape index (κ3) is 3.67. The topological polar surface area (TPSA) is 113 Å². The number of hydrogen-bond donors (Lipinski definition) is 4. The van der Waals surface area contributed by atoms with Crippen molar-refractivity contribution in [1.82, 2.24) is 4.72 Å². The fourth-order valence-corrected chi connectivity index (χ4v) is 2.52. The van der Waals surface area contributed by atoms with E-state index in [-0.39, 0.29) is 11.4 Å². The van der Waals surface area contributed by atoms with Gasteiger partial charge in [0.1, 0.15) is 0 Å². The lowest BCUT2D eigenvalue weighted by molar-refractivity contribution is 0.0988. The van der Waals surface area contributed by atoms with Crippen LogP contribution in [0.3, 0.4) is 0 Å². The number of aliphatic hydroxyl groups is 2. The fraction of sp³-hybridized carbons (Fsp3) is 0.455. The van der Waals surface area contributed by atoms with Gasteiger partial charge < -0.3 is 15.9 Å². The summed E-state index contributed by atoms with van der Waals surface area (Å²) >= 11 is 0. The predicted octanol–water partition coefficient (Wildman–Crippen LogP) is -0.537. The van der Waals surface area contributed by atoms with Crippen molar-refractivity contribution in [2.45, 2.75) is 24.3 Å². The molecule has 1 rings (SSSR count). The summed E-state index contributed by atoms with van der Waals surface area (Å²) in [5, 5.41) is 17.7. The minimum absolute atomic E-state index is 0.0438. The Bertz CT molecular complexity index is 502. The van der Waals surface area contributed by atoms with Gasteiger partial charge in [0, 0.05) is 12.2 Å². The van der Waals surface area contributed by atoms with Crippen molar-refractivity contribution in [3.05, 3.63) is 23.8 Å². The van der Waals surface area contributed by atoms with Gasteiger partial charge in [0.15, 0.2) is 0 Å². The van der Waals surface area contributed by atoms with Crippen LogP contribution in [0.25, 0.3) is 0 Å². The van der Waals surface area contributed by atoms with Crippen molar-refractivity contribution in [1.29, 1.82) is 0 Å². The maximum atomic E-state index is 11.8. The van der Waals surface area contributed by atoms with Gasteiger partial charge in [-0.25, -0.2) is 13.1 Å². The van der Waals surface area contributed by atoms with E-state index in [2.05, 4.69) is 4.72 Å². The number of rotatable bonds is 6. The first-order valence-electron chi connectivity index (χ1n) is 5.57. The van der Waals surface area contributed by atoms with E-state index in [1.807, 2.05) is 6.92 Å². The van der Waals surface area contributed by atoms with E-state index >= 15 is 0 Å². The Morgan fingerprint density at radius 1 is 1.44 bits per heavy atom. The number of aryl methyl sites for hydroxylation is 1. The van der Waals surface area contributed by atoms with Crippen molar-refractivity contribution < 1.29 is 18.6 Å². The van der Waals surface area contributed by atoms with Gasteiger partial charge in [-0.2, -0.15) is 0 Å². The molecular formula is C11H18N2O4S. The summed E-state index contributed by atoms with van der Waals surface area (Å²) in [6, 6.07) is 4.50. The standard InChI is InChI=1S/C11H18N2O4S/c1-2-8-3-4-10(5-11(8)12)18(16,17)13-6-9(15)7-14/h3-5,9,13-15H,2,6-7,12H2,1H3. The summed E-state index contributed by atoms with van der Waals surface area (Å²) in [5.74, 6) is 0. The highest BCUT2D eigenvalue weighted by atomic mass is 32.2. The molecule has 18 heavy (non-hydrogen) atoms. The molecule has 5 N–H and O–H groups in total. The molecule has 0 saturated carbocycles. The molecule has 0 radical (unpaired) electrons. The lowest BCUT2D eigenvalue weighted by Crippen LogP contribution is -2.33. The summed E-state index contributed by atoms with van der Waals surface area (Å²) < 4.78 is 25.9. The largest absolute Gasteiger partial charge is 0.398 e. The molecule has 7 heteroatoms. The van der Waals surface area contributed by atoms with E-state index in [1.54, 1.807) is 6.07 Å². The third-order valence-electron chi connectivity index (χ3n) is 2.53. The Morgan fingerprint density at radius 3 is 2.61 bits per heavy atom. The van der Waals surface area contributed by atoms with Crippen LogP contribution in [0.15, 0.2) is 23.1 Å². The minimum Gasteiger partial charge on any atom is -0.398 e. The lowest BCUT2D eigenvalue weighted by atomic mass is 10.1. The minimum atomic E-state index is -3.71. The van der Waals surface area contributed by atoms with Gasteiger partial charge in [-0.05, 0) is 24.1 Å². The number of anilines is 1. The first-order chi connectivity index (χ1) is 8.40. The number of benzene rings is 1. The van der Waals surface area contributed by atoms with Crippen molar-refractivity contribution in [2.24, 2.45) is 0 Å². The van der Waals surface area contributed by atoms with E-state index in [0.29, 0.717) is 5.69 Å². The highest BCUT2D eigenvalue weighted by Gasteiger charge is 2.16. The maximum Gasteiger partial charge on any atom is 0.240 e. The van der Waals surface area contributed by atoms with Gasteiger partial charge in [-0.1, -0.05) is 13.0 Å². The second kappa shape index (κ2) is 6.14. The number of hydrogen-bond acceptors (Lipinski definition) is 5. The number of nitrogens with two attached hydrogens (primary N) is 1. The van der Waals surface area contributed by atoms with Crippen LogP contribution in [0.4, 0.5) is 5.69 Å². The van der Waals surface area contributed by atoms with Gasteiger partial charge in [-0.15, -0.1) is 0 Å². The average Bonchev–Trinajstić information content (AvgIpc) is 2.35. The molecule has 102 valence electrons. The summed E-state index contributed by atoms with van der Waals surface area (Å²) in [7, 11) is -3.71. The van der Waals surface area contributed by atoms with Crippen LogP contribution in [-0.4, -0.2) is 37.9 Å². The van der Waals surface area contributed by atoms with E-state index < -0.39 is 22.7 Å². The third-order valence-corrected chi connectivity index (χ3v) is 3.95. The molecule has 1 unspecified atom stereocenters. The van der Waals surface area contributed by atoms with Crippen molar-refractivity contribution in [2.75, 3.05) is 18.9 Å². The van der Waals surface area contributed by atoms with Gasteiger partial charge >= 0.3 is 0 Å². The maximum absolute atomic E-state index is 11.8. The summed E-state index contributed by atoms with van der Waals surface area (Å²) in [6.07, 6.45) is -0.393. The Morgan fingerprint density at radius 2 is 2.11 bits per heavy atom. The molecule has 0 aromatic heterocycles. The van der Waals surface area contributed by atoms with Gasteiger partial charge in [-0.3, -0.25) is 0 Å². The molecule has 0 aliphatic carbocycles. The molecule has 0 amide bonds. The molecule has 0 aliphatic rings. The molecule has 6 nitrogen and oxygen atoms in total. The van der Waals surface area contributed by atoms with E-state index in [0.717, 1.165) is 12.0 Å². The first kappa shape index (κ1) is 14.9. The smallest absolute Gasteiger partial charge is 0.240 e. The number of nitrogens with one attached hydrogen (secondary N) is 1. The number of sulfonamides is 1. The second-order valence-corrected chi connectivity index (χ2v) is 5.67. The molecule has 0 aliphatic heterocycles. The van der Waals surface area contributed by atoms with Gasteiger partial charge in [0.05, 0.1) is 17.6 Å². The van der Waals surface area contributed by atoms with Crippen LogP contribution in [0.5, 0.6) is 0 Å². The molecule has 1 atom stereocenters. The SMILES string of the molecule is CCc1ccc(S(=O)(=O)NCC(O)CO)cc1N. The van der Waals surface area contributed by atoms with E-state index in [1.165, 1.54) is 12.1 Å². The van der Waals surface area contributed by atoms with Gasteiger partial charge in [0.2, 0.25) is 10.0 Å². The Balaban J connectivity index is 2.88. The number of nitrogen functional groups attached to an aromatic ring is 1. The zero-order valence-corrected chi connectivity index (χ0v) is 10.9. The van der Waals surface area contributed by atoms with Crippen LogP contribution in [0, 0.1) is 0 Å². The Kier molecular flexibility index (Phi) is 5.09. The van der Waals surface area contributed by atoms with Gasteiger partial charge in [0.25, 0.3) is 0 Å². The molecular weight excluding hydrogens is 256 g/mol. The summed E-state index contributed by atoms with van der Waals surface area (Å²) in [5.41, 5.74) is 7.03. The van der Waals surface area contributed by atoms with Crippen molar-refractivity contribution in [3.63, 3.8) is 0 Å². The molecule has 1 aromatic rings. The Hall–Kier alpha value is -1.15. The second-order valence-electron chi connectivity index (χ2n) is 3.90. The monoisotopic (exact) mass is 274 g/mol. The van der Waals surface area contributed by atoms with Crippen molar-refractivity contribution >= 4 is 15.7 Å². The zero-order valence-electron chi connectivity index (χ0n) is 10.1. The predicted molar refractivity (Wildman–Crippen MR) is 68.5 cm³/mol. The Labute approximate surface area is 106 Å². The van der Waals surface area contributed by atoms with Crippen LogP contribution in [-0.2, 0) is 16.4 Å². The molecule has 0 fully saturated rings. The number of aliphatic hydroxyl groups excluding tert-OH is 2. The summed E-state index contributed by atoms with van der Waals surface area (Å²) in [4.78, 5) is 0.0438. The fourth-order valence-electron chi connectivity index (χ4n) is 1.42. The summed E-state index contributed by atoms with van der Waals surface area (Å²) in [6.45, 7) is 1.18. The van der Waals surface area contributed by atoms with Crippen LogP contribution >= 0.6 is 0 Å². The quantitative estimate of drug-likeness (QED) is 0.521. The van der Waals surface area contributed by atoms with E-state index in [9.17, 15) is 8.42 Å². The molecule has 0 spiro atoms. The molecule has 1 aromatic carbocycles.